The Kier molecular flexibility index (Phi) is 10.5. The molecule has 0 fully saturated rings. The standard InChI is InChI=1S/C33H38Cl2N4O3Si/c1-23(22-42-43(33(3,4)5,27-13-9-7-10-14-27)28-15-11-8-12-16-28)37-32(40)39(25-17-19-26(41-6)20-18-25)24(2)29-21-36-31(35)38-30(29)34/h7-21,23-24H,22H2,1-6H3,(H,37,40)/t23-,24?/m1/s1. The van der Waals surface area contributed by atoms with E-state index in [1.54, 1.807) is 30.3 Å². The van der Waals surface area contributed by atoms with Gasteiger partial charge in [-0.3, -0.25) is 4.90 Å². The van der Waals surface area contributed by atoms with Gasteiger partial charge in [-0.15, -0.1) is 0 Å². The van der Waals surface area contributed by atoms with E-state index in [0.717, 1.165) is 0 Å². The largest absolute Gasteiger partial charge is 0.497 e. The number of ether oxygens (including phenoxy) is 1. The highest BCUT2D eigenvalue weighted by atomic mass is 35.5. The summed E-state index contributed by atoms with van der Waals surface area (Å²) in [4.78, 5) is 23.8. The molecular formula is C33H38Cl2N4O3Si. The van der Waals surface area contributed by atoms with E-state index in [4.69, 9.17) is 32.4 Å². The van der Waals surface area contributed by atoms with Gasteiger partial charge in [0.25, 0.3) is 8.32 Å². The fourth-order valence-corrected chi connectivity index (χ4v) is 10.5. The van der Waals surface area contributed by atoms with Gasteiger partial charge in [0.1, 0.15) is 10.9 Å². The van der Waals surface area contributed by atoms with E-state index >= 15 is 0 Å². The minimum Gasteiger partial charge on any atom is -0.497 e. The van der Waals surface area contributed by atoms with Crippen LogP contribution in [0.4, 0.5) is 10.5 Å². The van der Waals surface area contributed by atoms with Gasteiger partial charge in [-0.05, 0) is 65.1 Å². The molecule has 1 unspecified atom stereocenters. The van der Waals surface area contributed by atoms with Crippen LogP contribution in [0.1, 0.15) is 46.2 Å². The molecule has 4 rings (SSSR count). The summed E-state index contributed by atoms with van der Waals surface area (Å²) in [6.07, 6.45) is 1.54. The lowest BCUT2D eigenvalue weighted by Crippen LogP contribution is -2.67. The Balaban J connectivity index is 1.64. The van der Waals surface area contributed by atoms with Crippen molar-refractivity contribution in [3.8, 4) is 5.75 Å². The Morgan fingerprint density at radius 2 is 1.49 bits per heavy atom. The van der Waals surface area contributed by atoms with Crippen molar-refractivity contribution >= 4 is 53.6 Å². The van der Waals surface area contributed by atoms with Crippen LogP contribution in [0.3, 0.4) is 0 Å². The maximum atomic E-state index is 14.0. The first-order valence-corrected chi connectivity index (χ1v) is 16.8. The first-order chi connectivity index (χ1) is 20.5. The monoisotopic (exact) mass is 636 g/mol. The number of aromatic nitrogens is 2. The molecule has 0 radical (unpaired) electrons. The summed E-state index contributed by atoms with van der Waals surface area (Å²) in [6, 6.07) is 27.0. The SMILES string of the molecule is COc1ccc(N(C(=O)N[C@H](C)CO[Si](c2ccccc2)(c2ccccc2)C(C)(C)C)C(C)c2cnc(Cl)nc2Cl)cc1. The number of nitrogens with one attached hydrogen (secondary N) is 1. The zero-order chi connectivity index (χ0) is 31.2. The van der Waals surface area contributed by atoms with Crippen LogP contribution in [0.25, 0.3) is 0 Å². The molecule has 7 nitrogen and oxygen atoms in total. The Hall–Kier alpha value is -3.43. The first-order valence-electron chi connectivity index (χ1n) is 14.1. The molecule has 10 heteroatoms. The lowest BCUT2D eigenvalue weighted by molar-refractivity contribution is 0.226. The summed E-state index contributed by atoms with van der Waals surface area (Å²) >= 11 is 12.4. The molecule has 0 bridgehead atoms. The summed E-state index contributed by atoms with van der Waals surface area (Å²) in [6.45, 7) is 10.8. The molecule has 0 aliphatic heterocycles. The van der Waals surface area contributed by atoms with E-state index in [2.05, 4.69) is 84.6 Å². The van der Waals surface area contributed by atoms with E-state index in [-0.39, 0.29) is 27.5 Å². The Labute approximate surface area is 265 Å². The molecule has 43 heavy (non-hydrogen) atoms. The lowest BCUT2D eigenvalue weighted by Gasteiger charge is -2.43. The van der Waals surface area contributed by atoms with Crippen LogP contribution in [-0.4, -0.2) is 44.1 Å². The van der Waals surface area contributed by atoms with Crippen molar-refractivity contribution in [2.45, 2.75) is 51.7 Å². The van der Waals surface area contributed by atoms with Crippen LogP contribution >= 0.6 is 23.2 Å². The van der Waals surface area contributed by atoms with E-state index < -0.39 is 14.4 Å². The summed E-state index contributed by atoms with van der Waals surface area (Å²) in [5.74, 6) is 0.677. The normalized spacial score (nSPS) is 13.2. The van der Waals surface area contributed by atoms with E-state index in [0.29, 0.717) is 23.6 Å². The molecule has 0 saturated heterocycles. The highest BCUT2D eigenvalue weighted by Crippen LogP contribution is 2.37. The second-order valence-electron chi connectivity index (χ2n) is 11.5. The third-order valence-electron chi connectivity index (χ3n) is 7.48. The number of rotatable bonds is 10. The second kappa shape index (κ2) is 13.9. The number of halogens is 2. The number of hydrogen-bond acceptors (Lipinski definition) is 5. The number of methoxy groups -OCH3 is 1. The van der Waals surface area contributed by atoms with Gasteiger partial charge in [-0.25, -0.2) is 14.8 Å². The van der Waals surface area contributed by atoms with Crippen molar-refractivity contribution in [1.82, 2.24) is 15.3 Å². The fraction of sp³-hybridized carbons (Fsp3) is 0.303. The number of hydrogen-bond donors (Lipinski definition) is 1. The molecule has 1 aromatic heterocycles. The van der Waals surface area contributed by atoms with Crippen molar-refractivity contribution in [2.24, 2.45) is 0 Å². The van der Waals surface area contributed by atoms with Crippen molar-refractivity contribution in [3.05, 3.63) is 107 Å². The molecule has 1 N–H and O–H groups in total. The summed E-state index contributed by atoms with van der Waals surface area (Å²) in [5.41, 5.74) is 1.21. The quantitative estimate of drug-likeness (QED) is 0.115. The minimum atomic E-state index is -2.78. The molecule has 1 heterocycles. The highest BCUT2D eigenvalue weighted by molar-refractivity contribution is 6.99. The third kappa shape index (κ3) is 7.21. The molecule has 4 aromatic rings. The number of carbonyl (C=O) groups is 1. The number of carbonyl (C=O) groups excluding carboxylic acids is 1. The third-order valence-corrected chi connectivity index (χ3v) is 13.0. The van der Waals surface area contributed by atoms with Crippen LogP contribution < -0.4 is 25.3 Å². The van der Waals surface area contributed by atoms with Gasteiger partial charge in [0.2, 0.25) is 5.28 Å². The number of urea groups is 1. The smallest absolute Gasteiger partial charge is 0.322 e. The maximum absolute atomic E-state index is 14.0. The van der Waals surface area contributed by atoms with Gasteiger partial charge in [-0.1, -0.05) is 93.0 Å². The van der Waals surface area contributed by atoms with Crippen LogP contribution in [0.5, 0.6) is 5.75 Å². The van der Waals surface area contributed by atoms with Crippen molar-refractivity contribution in [2.75, 3.05) is 18.6 Å². The molecule has 0 aliphatic carbocycles. The van der Waals surface area contributed by atoms with Crippen LogP contribution in [0.2, 0.25) is 15.5 Å². The fourth-order valence-electron chi connectivity index (χ4n) is 5.36. The predicted octanol–water partition coefficient (Wildman–Crippen LogP) is 7.03. The van der Waals surface area contributed by atoms with E-state index in [9.17, 15) is 4.79 Å². The summed E-state index contributed by atoms with van der Waals surface area (Å²) < 4.78 is 12.4. The Morgan fingerprint density at radius 3 is 1.98 bits per heavy atom. The average Bonchev–Trinajstić information content (AvgIpc) is 2.98. The minimum absolute atomic E-state index is 0.0375. The van der Waals surface area contributed by atoms with Crippen LogP contribution in [0, 0.1) is 0 Å². The molecule has 2 amide bonds. The van der Waals surface area contributed by atoms with Gasteiger partial charge in [-0.2, -0.15) is 0 Å². The van der Waals surface area contributed by atoms with E-state index in [1.165, 1.54) is 10.4 Å². The second-order valence-corrected chi connectivity index (χ2v) is 16.5. The van der Waals surface area contributed by atoms with Gasteiger partial charge in [0, 0.05) is 23.5 Å². The lowest BCUT2D eigenvalue weighted by atomic mass is 10.1. The molecule has 2 atom stereocenters. The molecule has 3 aromatic carbocycles. The average molecular weight is 638 g/mol. The van der Waals surface area contributed by atoms with Crippen molar-refractivity contribution in [3.63, 3.8) is 0 Å². The Morgan fingerprint density at radius 1 is 0.930 bits per heavy atom. The van der Waals surface area contributed by atoms with Crippen LogP contribution in [-0.2, 0) is 4.43 Å². The number of nitrogens with zero attached hydrogens (tertiary/aromatic N) is 3. The number of anilines is 1. The number of amides is 2. The maximum Gasteiger partial charge on any atom is 0.322 e. The van der Waals surface area contributed by atoms with Crippen LogP contribution in [0.15, 0.2) is 91.1 Å². The van der Waals surface area contributed by atoms with Gasteiger partial charge >= 0.3 is 6.03 Å². The summed E-state index contributed by atoms with van der Waals surface area (Å²) in [7, 11) is -1.18. The topological polar surface area (TPSA) is 76.6 Å². The first kappa shape index (κ1) is 32.5. The summed E-state index contributed by atoms with van der Waals surface area (Å²) in [5, 5.41) is 5.55. The molecular weight excluding hydrogens is 599 g/mol. The molecule has 0 saturated carbocycles. The van der Waals surface area contributed by atoms with Gasteiger partial charge in [0.15, 0.2) is 0 Å². The predicted molar refractivity (Wildman–Crippen MR) is 178 cm³/mol. The van der Waals surface area contributed by atoms with Crippen molar-refractivity contribution < 1.29 is 14.0 Å². The van der Waals surface area contributed by atoms with Crippen molar-refractivity contribution in [1.29, 1.82) is 0 Å². The molecule has 0 spiro atoms. The zero-order valence-electron chi connectivity index (χ0n) is 25.3. The molecule has 226 valence electrons. The van der Waals surface area contributed by atoms with Gasteiger partial charge < -0.3 is 14.5 Å². The number of benzene rings is 3. The highest BCUT2D eigenvalue weighted by Gasteiger charge is 2.50. The molecule has 0 aliphatic rings. The van der Waals surface area contributed by atoms with Gasteiger partial charge in [0.05, 0.1) is 19.8 Å². The Bertz CT molecular complexity index is 1460. The zero-order valence-corrected chi connectivity index (χ0v) is 27.9. The van der Waals surface area contributed by atoms with E-state index in [1.807, 2.05) is 38.1 Å².